The largest absolute Gasteiger partial charge is 0.350 e. The van der Waals surface area contributed by atoms with Crippen molar-refractivity contribution in [2.75, 3.05) is 0 Å². The van der Waals surface area contributed by atoms with Crippen LogP contribution in [0.4, 0.5) is 0 Å². The minimum atomic E-state index is -0.469. The van der Waals surface area contributed by atoms with Gasteiger partial charge in [-0.3, -0.25) is 14.5 Å². The van der Waals surface area contributed by atoms with E-state index < -0.39 is 5.41 Å². The molecule has 1 aliphatic carbocycles. The molecule has 0 unspecified atom stereocenters. The molecule has 0 bridgehead atoms. The summed E-state index contributed by atoms with van der Waals surface area (Å²) in [6.07, 6.45) is 5.61. The number of nitrogens with zero attached hydrogens (tertiary/aromatic N) is 3. The van der Waals surface area contributed by atoms with Gasteiger partial charge in [0.2, 0.25) is 5.91 Å². The second-order valence-electron chi connectivity index (χ2n) is 7.34. The van der Waals surface area contributed by atoms with Gasteiger partial charge in [-0.05, 0) is 48.7 Å². The van der Waals surface area contributed by atoms with Crippen molar-refractivity contribution in [2.45, 2.75) is 37.6 Å². The minimum absolute atomic E-state index is 0.0670. The number of hydrogen-bond acceptors (Lipinski definition) is 3. The molecule has 4 rings (SSSR count). The van der Waals surface area contributed by atoms with E-state index >= 15 is 0 Å². The summed E-state index contributed by atoms with van der Waals surface area (Å²) in [5.41, 5.74) is 3.19. The molecular formula is C22H23ClN4O. The van der Waals surface area contributed by atoms with E-state index in [-0.39, 0.29) is 5.91 Å². The summed E-state index contributed by atoms with van der Waals surface area (Å²) in [7, 11) is 1.89. The first-order valence-corrected chi connectivity index (χ1v) is 9.95. The maximum Gasteiger partial charge on any atom is 0.230 e. The van der Waals surface area contributed by atoms with E-state index in [0.29, 0.717) is 11.6 Å². The SMILES string of the molecule is Cn1nc(CNC(=O)C2(c3ccc(Cl)cc3)CCCC2)cc1-c1ccccn1. The molecule has 0 saturated heterocycles. The molecule has 0 atom stereocenters. The summed E-state index contributed by atoms with van der Waals surface area (Å²) in [5.74, 6) is 0.0670. The molecule has 2 aromatic heterocycles. The number of nitrogens with one attached hydrogen (secondary N) is 1. The van der Waals surface area contributed by atoms with Crippen molar-refractivity contribution in [3.8, 4) is 11.4 Å². The number of carbonyl (C=O) groups excluding carboxylic acids is 1. The highest BCUT2D eigenvalue weighted by molar-refractivity contribution is 6.30. The van der Waals surface area contributed by atoms with Gasteiger partial charge in [-0.2, -0.15) is 5.10 Å². The second-order valence-corrected chi connectivity index (χ2v) is 7.77. The zero-order valence-corrected chi connectivity index (χ0v) is 16.6. The highest BCUT2D eigenvalue weighted by Crippen LogP contribution is 2.41. The molecular weight excluding hydrogens is 372 g/mol. The molecule has 3 aromatic rings. The van der Waals surface area contributed by atoms with Crippen LogP contribution in [0.5, 0.6) is 0 Å². The molecule has 5 nitrogen and oxygen atoms in total. The van der Waals surface area contributed by atoms with Crippen molar-refractivity contribution < 1.29 is 4.79 Å². The van der Waals surface area contributed by atoms with Crippen molar-refractivity contribution >= 4 is 17.5 Å². The molecule has 6 heteroatoms. The highest BCUT2D eigenvalue weighted by Gasteiger charge is 2.42. The highest BCUT2D eigenvalue weighted by atomic mass is 35.5. The lowest BCUT2D eigenvalue weighted by molar-refractivity contribution is -0.126. The van der Waals surface area contributed by atoms with Crippen LogP contribution in [0.3, 0.4) is 0 Å². The van der Waals surface area contributed by atoms with E-state index in [4.69, 9.17) is 11.6 Å². The summed E-state index contributed by atoms with van der Waals surface area (Å²) in [6, 6.07) is 15.5. The average Bonchev–Trinajstić information content (AvgIpc) is 3.35. The molecule has 1 aliphatic rings. The van der Waals surface area contributed by atoms with Crippen molar-refractivity contribution in [1.29, 1.82) is 0 Å². The number of halogens is 1. The lowest BCUT2D eigenvalue weighted by Gasteiger charge is -2.28. The van der Waals surface area contributed by atoms with E-state index in [1.54, 1.807) is 10.9 Å². The van der Waals surface area contributed by atoms with Gasteiger partial charge in [0.05, 0.1) is 29.0 Å². The number of hydrogen-bond donors (Lipinski definition) is 1. The Bertz CT molecular complexity index is 960. The molecule has 1 N–H and O–H groups in total. The van der Waals surface area contributed by atoms with Gasteiger partial charge in [0.15, 0.2) is 0 Å². The molecule has 2 heterocycles. The van der Waals surface area contributed by atoms with Crippen LogP contribution in [0.25, 0.3) is 11.4 Å². The molecule has 0 spiro atoms. The predicted octanol–water partition coefficient (Wildman–Crippen LogP) is 4.26. The minimum Gasteiger partial charge on any atom is -0.350 e. The first-order chi connectivity index (χ1) is 13.6. The van der Waals surface area contributed by atoms with E-state index in [1.165, 1.54) is 0 Å². The summed E-state index contributed by atoms with van der Waals surface area (Å²) in [6.45, 7) is 0.398. The molecule has 0 radical (unpaired) electrons. The van der Waals surface area contributed by atoms with Crippen LogP contribution < -0.4 is 5.32 Å². The van der Waals surface area contributed by atoms with Crippen molar-refractivity contribution in [3.05, 3.63) is 71.0 Å². The number of carbonyl (C=O) groups is 1. The van der Waals surface area contributed by atoms with Crippen molar-refractivity contribution in [3.63, 3.8) is 0 Å². The van der Waals surface area contributed by atoms with Crippen molar-refractivity contribution in [1.82, 2.24) is 20.1 Å². The Balaban J connectivity index is 1.51. The van der Waals surface area contributed by atoms with Crippen LogP contribution in [-0.4, -0.2) is 20.7 Å². The number of rotatable bonds is 5. The molecule has 1 aromatic carbocycles. The van der Waals surface area contributed by atoms with Gasteiger partial charge in [-0.1, -0.05) is 42.6 Å². The first-order valence-electron chi connectivity index (χ1n) is 9.57. The zero-order chi connectivity index (χ0) is 19.6. The Morgan fingerprint density at radius 3 is 2.61 bits per heavy atom. The third kappa shape index (κ3) is 3.54. The fourth-order valence-electron chi connectivity index (χ4n) is 4.10. The number of aryl methyl sites for hydroxylation is 1. The van der Waals surface area contributed by atoms with Crippen LogP contribution in [0.2, 0.25) is 5.02 Å². The Hall–Kier alpha value is -2.66. The summed E-state index contributed by atoms with van der Waals surface area (Å²) in [4.78, 5) is 17.6. The van der Waals surface area contributed by atoms with E-state index in [0.717, 1.165) is 48.3 Å². The normalized spacial score (nSPS) is 15.5. The standard InChI is InChI=1S/C22H23ClN4O/c1-27-20(19-6-2-5-13-24-19)14-18(26-27)15-25-21(28)22(11-3-4-12-22)16-7-9-17(23)10-8-16/h2,5-10,13-14H,3-4,11-12,15H2,1H3,(H,25,28). The van der Waals surface area contributed by atoms with E-state index in [1.807, 2.05) is 55.6 Å². The molecule has 1 fully saturated rings. The second kappa shape index (κ2) is 7.76. The van der Waals surface area contributed by atoms with E-state index in [2.05, 4.69) is 15.4 Å². The lowest BCUT2D eigenvalue weighted by atomic mass is 9.78. The third-order valence-electron chi connectivity index (χ3n) is 5.58. The third-order valence-corrected chi connectivity index (χ3v) is 5.83. The predicted molar refractivity (Wildman–Crippen MR) is 110 cm³/mol. The fraction of sp³-hybridized carbons (Fsp3) is 0.318. The Morgan fingerprint density at radius 2 is 1.93 bits per heavy atom. The van der Waals surface area contributed by atoms with Crippen LogP contribution in [0, 0.1) is 0 Å². The lowest BCUT2D eigenvalue weighted by Crippen LogP contribution is -2.42. The smallest absolute Gasteiger partial charge is 0.230 e. The van der Waals surface area contributed by atoms with Crippen LogP contribution in [-0.2, 0) is 23.8 Å². The van der Waals surface area contributed by atoms with Crippen LogP contribution >= 0.6 is 11.6 Å². The maximum atomic E-state index is 13.2. The number of pyridine rings is 1. The van der Waals surface area contributed by atoms with Gasteiger partial charge in [0, 0.05) is 18.3 Å². The first kappa shape index (κ1) is 18.7. The zero-order valence-electron chi connectivity index (χ0n) is 15.9. The van der Waals surface area contributed by atoms with Gasteiger partial charge >= 0.3 is 0 Å². The Morgan fingerprint density at radius 1 is 1.18 bits per heavy atom. The van der Waals surface area contributed by atoms with Crippen LogP contribution in [0.1, 0.15) is 36.9 Å². The summed E-state index contributed by atoms with van der Waals surface area (Å²) < 4.78 is 1.80. The quantitative estimate of drug-likeness (QED) is 0.703. The topological polar surface area (TPSA) is 59.8 Å². The monoisotopic (exact) mass is 394 g/mol. The van der Waals surface area contributed by atoms with Gasteiger partial charge in [0.1, 0.15) is 0 Å². The maximum absolute atomic E-state index is 13.2. The Labute approximate surface area is 169 Å². The average molecular weight is 395 g/mol. The van der Waals surface area contributed by atoms with Gasteiger partial charge in [0.25, 0.3) is 0 Å². The molecule has 144 valence electrons. The summed E-state index contributed by atoms with van der Waals surface area (Å²) >= 11 is 6.04. The molecule has 28 heavy (non-hydrogen) atoms. The van der Waals surface area contributed by atoms with Gasteiger partial charge < -0.3 is 5.32 Å². The molecule has 1 saturated carbocycles. The van der Waals surface area contributed by atoms with Crippen LogP contribution in [0.15, 0.2) is 54.7 Å². The molecule has 1 amide bonds. The van der Waals surface area contributed by atoms with E-state index in [9.17, 15) is 4.79 Å². The fourth-order valence-corrected chi connectivity index (χ4v) is 4.23. The van der Waals surface area contributed by atoms with Crippen molar-refractivity contribution in [2.24, 2.45) is 7.05 Å². The Kier molecular flexibility index (Phi) is 5.18. The van der Waals surface area contributed by atoms with Gasteiger partial charge in [-0.25, -0.2) is 0 Å². The number of aromatic nitrogens is 3. The number of amides is 1. The number of benzene rings is 1. The summed E-state index contributed by atoms with van der Waals surface area (Å²) in [5, 5.41) is 8.34. The van der Waals surface area contributed by atoms with Gasteiger partial charge in [-0.15, -0.1) is 0 Å². The molecule has 0 aliphatic heterocycles.